The molecule has 0 aliphatic carbocycles. The van der Waals surface area contributed by atoms with E-state index in [4.69, 9.17) is 0 Å². The number of amides is 1. The Hall–Kier alpha value is -1.60. The lowest BCUT2D eigenvalue weighted by Gasteiger charge is -2.17. The molecule has 2 heterocycles. The average molecular weight is 262 g/mol. The minimum Gasteiger partial charge on any atom is -0.342 e. The summed E-state index contributed by atoms with van der Waals surface area (Å²) in [4.78, 5) is 16.7. The van der Waals surface area contributed by atoms with Crippen LogP contribution >= 0.6 is 0 Å². The third-order valence-electron chi connectivity index (χ3n) is 3.03. The SMILES string of the molecule is O=C(CCn1cncn1)N1CCC(C(F)(F)F)C1. The summed E-state index contributed by atoms with van der Waals surface area (Å²) in [6.07, 6.45) is -1.25. The maximum absolute atomic E-state index is 12.4. The van der Waals surface area contributed by atoms with Gasteiger partial charge < -0.3 is 4.90 Å². The zero-order chi connectivity index (χ0) is 13.2. The number of alkyl halides is 3. The Morgan fingerprint density at radius 3 is 2.78 bits per heavy atom. The lowest BCUT2D eigenvalue weighted by molar-refractivity contribution is -0.171. The van der Waals surface area contributed by atoms with Crippen LogP contribution in [0.1, 0.15) is 12.8 Å². The first-order valence-corrected chi connectivity index (χ1v) is 5.63. The van der Waals surface area contributed by atoms with Crippen molar-refractivity contribution < 1.29 is 18.0 Å². The second kappa shape index (κ2) is 4.95. The fraction of sp³-hybridized carbons (Fsp3) is 0.700. The Kier molecular flexibility index (Phi) is 3.53. The van der Waals surface area contributed by atoms with Crippen LogP contribution in [0.4, 0.5) is 13.2 Å². The van der Waals surface area contributed by atoms with E-state index in [2.05, 4.69) is 10.1 Å². The Bertz CT molecular complexity index is 404. The minimum atomic E-state index is -4.21. The van der Waals surface area contributed by atoms with Gasteiger partial charge in [0.15, 0.2) is 0 Å². The molecule has 0 N–H and O–H groups in total. The van der Waals surface area contributed by atoms with Gasteiger partial charge in [0.2, 0.25) is 5.91 Å². The van der Waals surface area contributed by atoms with E-state index in [9.17, 15) is 18.0 Å². The number of likely N-dealkylation sites (tertiary alicyclic amines) is 1. The molecular weight excluding hydrogens is 249 g/mol. The van der Waals surface area contributed by atoms with E-state index >= 15 is 0 Å². The number of nitrogens with zero attached hydrogens (tertiary/aromatic N) is 4. The predicted octanol–water partition coefficient (Wildman–Crippen LogP) is 1.08. The van der Waals surface area contributed by atoms with E-state index in [1.54, 1.807) is 0 Å². The highest BCUT2D eigenvalue weighted by Gasteiger charge is 2.44. The van der Waals surface area contributed by atoms with Crippen LogP contribution in [0, 0.1) is 5.92 Å². The van der Waals surface area contributed by atoms with Crippen molar-refractivity contribution in [2.45, 2.75) is 25.6 Å². The van der Waals surface area contributed by atoms with E-state index in [-0.39, 0.29) is 31.8 Å². The standard InChI is InChI=1S/C10H13F3N4O/c11-10(12,13)8-1-3-16(5-8)9(18)2-4-17-7-14-6-15-17/h6-8H,1-5H2. The highest BCUT2D eigenvalue weighted by molar-refractivity contribution is 5.76. The summed E-state index contributed by atoms with van der Waals surface area (Å²) < 4.78 is 38.8. The van der Waals surface area contributed by atoms with Crippen LogP contribution in [0.2, 0.25) is 0 Å². The van der Waals surface area contributed by atoms with E-state index < -0.39 is 12.1 Å². The van der Waals surface area contributed by atoms with Crippen molar-refractivity contribution in [3.63, 3.8) is 0 Å². The monoisotopic (exact) mass is 262 g/mol. The third-order valence-corrected chi connectivity index (χ3v) is 3.03. The first-order valence-electron chi connectivity index (χ1n) is 5.63. The maximum Gasteiger partial charge on any atom is 0.393 e. The molecule has 1 atom stereocenters. The molecule has 0 radical (unpaired) electrons. The molecule has 1 aliphatic rings. The highest BCUT2D eigenvalue weighted by atomic mass is 19.4. The van der Waals surface area contributed by atoms with Crippen molar-refractivity contribution in [1.29, 1.82) is 0 Å². The number of hydrogen-bond donors (Lipinski definition) is 0. The number of carbonyl (C=O) groups excluding carboxylic acids is 1. The Balaban J connectivity index is 1.81. The molecule has 0 spiro atoms. The van der Waals surface area contributed by atoms with Gasteiger partial charge in [-0.15, -0.1) is 0 Å². The first kappa shape index (κ1) is 12.8. The zero-order valence-corrected chi connectivity index (χ0v) is 9.60. The molecule has 1 aromatic rings. The Morgan fingerprint density at radius 2 is 2.22 bits per heavy atom. The molecule has 1 fully saturated rings. The summed E-state index contributed by atoms with van der Waals surface area (Å²) in [6.45, 7) is 0.298. The molecule has 1 aromatic heterocycles. The molecule has 1 amide bonds. The summed E-state index contributed by atoms with van der Waals surface area (Å²) in [5.74, 6) is -1.65. The molecule has 2 rings (SSSR count). The van der Waals surface area contributed by atoms with Gasteiger partial charge in [0.25, 0.3) is 0 Å². The summed E-state index contributed by atoms with van der Waals surface area (Å²) in [6, 6.07) is 0. The lowest BCUT2D eigenvalue weighted by Crippen LogP contribution is -2.32. The van der Waals surface area contributed by atoms with Crippen LogP contribution in [-0.2, 0) is 11.3 Å². The molecule has 18 heavy (non-hydrogen) atoms. The van der Waals surface area contributed by atoms with Crippen LogP contribution in [-0.4, -0.2) is 44.8 Å². The van der Waals surface area contributed by atoms with E-state index in [1.807, 2.05) is 0 Å². The topological polar surface area (TPSA) is 51.0 Å². The second-order valence-corrected chi connectivity index (χ2v) is 4.28. The van der Waals surface area contributed by atoms with Gasteiger partial charge in [-0.25, -0.2) is 4.98 Å². The Morgan fingerprint density at radius 1 is 1.44 bits per heavy atom. The molecule has 0 bridgehead atoms. The van der Waals surface area contributed by atoms with E-state index in [0.717, 1.165) is 0 Å². The smallest absolute Gasteiger partial charge is 0.342 e. The molecule has 0 aromatic carbocycles. The minimum absolute atomic E-state index is 0.00142. The number of rotatable bonds is 3. The van der Waals surface area contributed by atoms with Crippen molar-refractivity contribution in [1.82, 2.24) is 19.7 Å². The average Bonchev–Trinajstić information content (AvgIpc) is 2.96. The largest absolute Gasteiger partial charge is 0.393 e. The number of halogens is 3. The summed E-state index contributed by atoms with van der Waals surface area (Å²) in [5.41, 5.74) is 0. The van der Waals surface area contributed by atoms with Gasteiger partial charge in [-0.1, -0.05) is 0 Å². The molecule has 1 unspecified atom stereocenters. The van der Waals surface area contributed by atoms with Gasteiger partial charge in [0.05, 0.1) is 12.5 Å². The molecule has 0 saturated carbocycles. The molecule has 1 saturated heterocycles. The summed E-state index contributed by atoms with van der Waals surface area (Å²) in [7, 11) is 0. The van der Waals surface area contributed by atoms with Gasteiger partial charge in [0.1, 0.15) is 12.7 Å². The van der Waals surface area contributed by atoms with Crippen LogP contribution < -0.4 is 0 Å². The first-order chi connectivity index (χ1) is 8.47. The van der Waals surface area contributed by atoms with Crippen molar-refractivity contribution in [3.8, 4) is 0 Å². The number of carbonyl (C=O) groups is 1. The van der Waals surface area contributed by atoms with Gasteiger partial charge >= 0.3 is 6.18 Å². The maximum atomic E-state index is 12.4. The molecular formula is C10H13F3N4O. The fourth-order valence-corrected chi connectivity index (χ4v) is 1.97. The number of aryl methyl sites for hydroxylation is 1. The lowest BCUT2D eigenvalue weighted by atomic mass is 10.1. The van der Waals surface area contributed by atoms with Gasteiger partial charge in [0, 0.05) is 19.5 Å². The second-order valence-electron chi connectivity index (χ2n) is 4.28. The van der Waals surface area contributed by atoms with Crippen LogP contribution in [0.15, 0.2) is 12.7 Å². The zero-order valence-electron chi connectivity index (χ0n) is 9.60. The van der Waals surface area contributed by atoms with Gasteiger partial charge in [-0.3, -0.25) is 9.48 Å². The summed E-state index contributed by atoms with van der Waals surface area (Å²) in [5, 5.41) is 3.82. The van der Waals surface area contributed by atoms with Crippen LogP contribution in [0.25, 0.3) is 0 Å². The quantitative estimate of drug-likeness (QED) is 0.819. The van der Waals surface area contributed by atoms with E-state index in [1.165, 1.54) is 22.2 Å². The molecule has 1 aliphatic heterocycles. The van der Waals surface area contributed by atoms with Gasteiger partial charge in [-0.2, -0.15) is 18.3 Å². The van der Waals surface area contributed by atoms with Crippen molar-refractivity contribution in [2.24, 2.45) is 5.92 Å². The molecule has 8 heteroatoms. The highest BCUT2D eigenvalue weighted by Crippen LogP contribution is 2.33. The van der Waals surface area contributed by atoms with Crippen molar-refractivity contribution in [2.75, 3.05) is 13.1 Å². The number of aromatic nitrogens is 3. The third kappa shape index (κ3) is 2.99. The van der Waals surface area contributed by atoms with Gasteiger partial charge in [-0.05, 0) is 6.42 Å². The normalized spacial score (nSPS) is 20.4. The molecule has 5 nitrogen and oxygen atoms in total. The van der Waals surface area contributed by atoms with Crippen LogP contribution in [0.5, 0.6) is 0 Å². The Labute approximate surface area is 102 Å². The number of hydrogen-bond acceptors (Lipinski definition) is 3. The predicted molar refractivity (Wildman–Crippen MR) is 55.4 cm³/mol. The van der Waals surface area contributed by atoms with Crippen molar-refractivity contribution >= 4 is 5.91 Å². The summed E-state index contributed by atoms with van der Waals surface area (Å²) >= 11 is 0. The van der Waals surface area contributed by atoms with Crippen LogP contribution in [0.3, 0.4) is 0 Å². The fourth-order valence-electron chi connectivity index (χ4n) is 1.97. The van der Waals surface area contributed by atoms with Crippen molar-refractivity contribution in [3.05, 3.63) is 12.7 Å². The molecule has 100 valence electrons. The van der Waals surface area contributed by atoms with E-state index in [0.29, 0.717) is 6.54 Å².